The first-order chi connectivity index (χ1) is 18.3. The predicted molar refractivity (Wildman–Crippen MR) is 139 cm³/mol. The van der Waals surface area contributed by atoms with E-state index in [9.17, 15) is 14.4 Å². The molecular formula is C27H29N7O4. The van der Waals surface area contributed by atoms with E-state index in [-0.39, 0.29) is 19.0 Å². The molecule has 0 saturated carbocycles. The SMILES string of the molecule is CCN1CCN(C(=N)c2cncc(C#C[C@]3(CN4Cc5ccc(OC)cc5C4=O)NC(=O)NC3=O)c2)CC1. The maximum atomic E-state index is 13.1. The summed E-state index contributed by atoms with van der Waals surface area (Å²) in [6.45, 7) is 6.59. The topological polar surface area (TPSA) is 131 Å². The van der Waals surface area contributed by atoms with Crippen LogP contribution in [0.4, 0.5) is 4.79 Å². The number of pyridine rings is 1. The van der Waals surface area contributed by atoms with Crippen LogP contribution >= 0.6 is 0 Å². The maximum absolute atomic E-state index is 13.1. The molecule has 38 heavy (non-hydrogen) atoms. The zero-order valence-electron chi connectivity index (χ0n) is 21.3. The minimum absolute atomic E-state index is 0.127. The van der Waals surface area contributed by atoms with E-state index in [2.05, 4.69) is 39.3 Å². The number of aromatic nitrogens is 1. The average molecular weight is 516 g/mol. The first kappa shape index (κ1) is 25.2. The molecule has 11 nitrogen and oxygen atoms in total. The molecule has 11 heteroatoms. The number of nitrogens with one attached hydrogen (secondary N) is 3. The Hall–Kier alpha value is -4.43. The minimum atomic E-state index is -1.63. The molecule has 3 aliphatic rings. The molecule has 1 atom stereocenters. The van der Waals surface area contributed by atoms with Crippen molar-refractivity contribution in [2.75, 3.05) is 46.4 Å². The van der Waals surface area contributed by atoms with Gasteiger partial charge in [0.25, 0.3) is 11.8 Å². The summed E-state index contributed by atoms with van der Waals surface area (Å²) in [4.78, 5) is 48.2. The van der Waals surface area contributed by atoms with Gasteiger partial charge in [-0.2, -0.15) is 0 Å². The Kier molecular flexibility index (Phi) is 6.73. The number of carbonyl (C=O) groups is 3. The summed E-state index contributed by atoms with van der Waals surface area (Å²) >= 11 is 0. The van der Waals surface area contributed by atoms with E-state index in [4.69, 9.17) is 10.1 Å². The normalized spacial score (nSPS) is 20.9. The number of urea groups is 1. The molecule has 4 heterocycles. The third kappa shape index (κ3) is 4.78. The van der Waals surface area contributed by atoms with Gasteiger partial charge in [-0.1, -0.05) is 24.8 Å². The van der Waals surface area contributed by atoms with Crippen LogP contribution in [-0.2, 0) is 11.3 Å². The molecule has 4 amide bonds. The van der Waals surface area contributed by atoms with Crippen LogP contribution in [0.2, 0.25) is 0 Å². The number of benzene rings is 1. The van der Waals surface area contributed by atoms with Crippen molar-refractivity contribution >= 4 is 23.7 Å². The largest absolute Gasteiger partial charge is 0.497 e. The molecule has 0 aliphatic carbocycles. The molecule has 0 radical (unpaired) electrons. The molecule has 0 bridgehead atoms. The Morgan fingerprint density at radius 2 is 1.95 bits per heavy atom. The summed E-state index contributed by atoms with van der Waals surface area (Å²) in [6, 6.07) is 6.33. The van der Waals surface area contributed by atoms with Crippen molar-refractivity contribution in [3.63, 3.8) is 0 Å². The van der Waals surface area contributed by atoms with Crippen LogP contribution in [-0.4, -0.2) is 95.3 Å². The van der Waals surface area contributed by atoms with Gasteiger partial charge in [0.1, 0.15) is 11.6 Å². The number of amides is 4. The van der Waals surface area contributed by atoms with E-state index in [1.54, 1.807) is 30.6 Å². The fraction of sp³-hybridized carbons (Fsp3) is 0.370. The van der Waals surface area contributed by atoms with Gasteiger partial charge in [-0.15, -0.1) is 0 Å². The number of amidine groups is 1. The first-order valence-electron chi connectivity index (χ1n) is 12.5. The molecule has 2 fully saturated rings. The van der Waals surface area contributed by atoms with Crippen LogP contribution in [0.1, 0.15) is 34.0 Å². The smallest absolute Gasteiger partial charge is 0.323 e. The van der Waals surface area contributed by atoms with Gasteiger partial charge in [0.2, 0.25) is 5.54 Å². The summed E-state index contributed by atoms with van der Waals surface area (Å²) < 4.78 is 5.23. The number of hydrogen-bond donors (Lipinski definition) is 3. The predicted octanol–water partition coefficient (Wildman–Crippen LogP) is 0.639. The number of ether oxygens (including phenoxy) is 1. The lowest BCUT2D eigenvalue weighted by atomic mass is 9.99. The minimum Gasteiger partial charge on any atom is -0.497 e. The molecular weight excluding hydrogens is 486 g/mol. The fourth-order valence-corrected chi connectivity index (χ4v) is 4.90. The molecule has 2 saturated heterocycles. The van der Waals surface area contributed by atoms with E-state index in [0.29, 0.717) is 28.3 Å². The molecule has 1 aromatic heterocycles. The zero-order valence-corrected chi connectivity index (χ0v) is 21.3. The van der Waals surface area contributed by atoms with Crippen LogP contribution in [0.5, 0.6) is 5.75 Å². The summed E-state index contributed by atoms with van der Waals surface area (Å²) in [5.74, 6) is 5.89. The van der Waals surface area contributed by atoms with Gasteiger partial charge in [0.15, 0.2) is 0 Å². The third-order valence-corrected chi connectivity index (χ3v) is 7.13. The highest BCUT2D eigenvalue weighted by Gasteiger charge is 2.48. The highest BCUT2D eigenvalue weighted by Crippen LogP contribution is 2.28. The molecule has 3 aliphatic heterocycles. The standard InChI is InChI=1S/C27H29N7O4/c1-3-32-8-10-33(11-9-32)23(28)20-12-18(14-29-15-20)6-7-27(25(36)30-26(37)31-27)17-34-16-19-4-5-21(38-2)13-22(19)24(34)35/h4-5,12-15,28H,3,8-11,16-17H2,1-2H3,(H2,30,31,36,37)/t27-/m1/s1. The Balaban J connectivity index is 1.37. The van der Waals surface area contributed by atoms with Crippen LogP contribution < -0.4 is 15.4 Å². The van der Waals surface area contributed by atoms with Crippen molar-refractivity contribution in [1.29, 1.82) is 5.41 Å². The van der Waals surface area contributed by atoms with Gasteiger partial charge in [0, 0.05) is 61.8 Å². The molecule has 1 aromatic carbocycles. The van der Waals surface area contributed by atoms with E-state index >= 15 is 0 Å². The highest BCUT2D eigenvalue weighted by molar-refractivity contribution is 6.10. The Morgan fingerprint density at radius 1 is 1.16 bits per heavy atom. The van der Waals surface area contributed by atoms with Crippen molar-refractivity contribution in [3.05, 3.63) is 58.9 Å². The number of methoxy groups -OCH3 is 1. The van der Waals surface area contributed by atoms with Gasteiger partial charge >= 0.3 is 6.03 Å². The van der Waals surface area contributed by atoms with Gasteiger partial charge < -0.3 is 24.8 Å². The van der Waals surface area contributed by atoms with E-state index < -0.39 is 17.5 Å². The van der Waals surface area contributed by atoms with Crippen molar-refractivity contribution in [1.82, 2.24) is 30.3 Å². The number of imide groups is 1. The van der Waals surface area contributed by atoms with Crippen molar-refractivity contribution in [2.45, 2.75) is 19.0 Å². The molecule has 0 unspecified atom stereocenters. The van der Waals surface area contributed by atoms with Gasteiger partial charge in [-0.25, -0.2) is 4.79 Å². The summed E-state index contributed by atoms with van der Waals surface area (Å²) in [7, 11) is 1.53. The lowest BCUT2D eigenvalue weighted by Gasteiger charge is -2.35. The number of fused-ring (bicyclic) bond motifs is 1. The Bertz CT molecular complexity index is 1370. The lowest BCUT2D eigenvalue weighted by molar-refractivity contribution is -0.122. The summed E-state index contributed by atoms with van der Waals surface area (Å²) in [5.41, 5.74) is 0.786. The molecule has 3 N–H and O–H groups in total. The third-order valence-electron chi connectivity index (χ3n) is 7.13. The second-order valence-corrected chi connectivity index (χ2v) is 9.48. The first-order valence-corrected chi connectivity index (χ1v) is 12.5. The average Bonchev–Trinajstić information content (AvgIpc) is 3.40. The number of rotatable bonds is 5. The van der Waals surface area contributed by atoms with Gasteiger partial charge in [-0.3, -0.25) is 25.3 Å². The van der Waals surface area contributed by atoms with Crippen molar-refractivity contribution < 1.29 is 19.1 Å². The monoisotopic (exact) mass is 515 g/mol. The number of nitrogens with zero attached hydrogens (tertiary/aromatic N) is 4. The van der Waals surface area contributed by atoms with Gasteiger partial charge in [0.05, 0.1) is 13.7 Å². The highest BCUT2D eigenvalue weighted by atomic mass is 16.5. The Morgan fingerprint density at radius 3 is 2.63 bits per heavy atom. The number of piperazine rings is 1. The van der Waals surface area contributed by atoms with E-state index in [1.165, 1.54) is 12.0 Å². The molecule has 0 spiro atoms. The second kappa shape index (κ2) is 10.1. The van der Waals surface area contributed by atoms with Crippen LogP contribution in [0.25, 0.3) is 0 Å². The maximum Gasteiger partial charge on any atom is 0.323 e. The lowest BCUT2D eigenvalue weighted by Crippen LogP contribution is -2.54. The number of likely N-dealkylation sites (N-methyl/N-ethyl adjacent to an activating group) is 1. The van der Waals surface area contributed by atoms with Crippen LogP contribution in [0, 0.1) is 17.3 Å². The van der Waals surface area contributed by atoms with Gasteiger partial charge in [-0.05, 0) is 30.3 Å². The summed E-state index contributed by atoms with van der Waals surface area (Å²) in [6.07, 6.45) is 3.16. The van der Waals surface area contributed by atoms with Crippen molar-refractivity contribution in [3.8, 4) is 17.6 Å². The zero-order chi connectivity index (χ0) is 26.9. The quantitative estimate of drug-likeness (QED) is 0.231. The molecule has 5 rings (SSSR count). The summed E-state index contributed by atoms with van der Waals surface area (Å²) in [5, 5.41) is 13.5. The van der Waals surface area contributed by atoms with E-state index in [0.717, 1.165) is 38.3 Å². The second-order valence-electron chi connectivity index (χ2n) is 9.48. The molecule has 196 valence electrons. The van der Waals surface area contributed by atoms with E-state index in [1.807, 2.05) is 11.0 Å². The fourth-order valence-electron chi connectivity index (χ4n) is 4.90. The van der Waals surface area contributed by atoms with Crippen LogP contribution in [0.15, 0.2) is 36.7 Å². The van der Waals surface area contributed by atoms with Crippen LogP contribution in [0.3, 0.4) is 0 Å². The Labute approximate surface area is 220 Å². The number of hydrogen-bond acceptors (Lipinski definition) is 7. The molecule has 2 aromatic rings. The van der Waals surface area contributed by atoms with Crippen molar-refractivity contribution in [2.24, 2.45) is 0 Å². The number of carbonyl (C=O) groups excluding carboxylic acids is 3.